The number of esters is 1. The maximum atomic E-state index is 14.3. The molecule has 47 heavy (non-hydrogen) atoms. The molecule has 4 aliphatic rings. The standard InChI is InChI=1S/C40H32N2O5/c1-40(2,3)32(43)21-47-39(46)29-20-31(41-30-18-9-8-13-24(29)30)22-11-10-12-23(19-22)42-37(44)35-33-25-14-4-5-15-26(25)34(36(35)38(42)45)28-17-7-6-16-27(28)33/h4-20,33-36H,21H2,1-3H3/t33?,34?,35-,36+. The summed E-state index contributed by atoms with van der Waals surface area (Å²) in [4.78, 5) is 60.6. The van der Waals surface area contributed by atoms with Crippen LogP contribution in [0.3, 0.4) is 0 Å². The van der Waals surface area contributed by atoms with Crippen molar-refractivity contribution in [1.82, 2.24) is 4.98 Å². The average Bonchev–Trinajstić information content (AvgIpc) is 3.35. The number of pyridine rings is 1. The van der Waals surface area contributed by atoms with E-state index in [4.69, 9.17) is 9.72 Å². The molecule has 1 fully saturated rings. The van der Waals surface area contributed by atoms with Crippen LogP contribution in [0.4, 0.5) is 5.69 Å². The molecule has 2 atom stereocenters. The largest absolute Gasteiger partial charge is 0.454 e. The number of carbonyl (C=O) groups is 4. The zero-order valence-electron chi connectivity index (χ0n) is 26.3. The van der Waals surface area contributed by atoms with Gasteiger partial charge in [0.05, 0.1) is 34.3 Å². The normalized spacial score (nSPS) is 21.0. The van der Waals surface area contributed by atoms with Gasteiger partial charge in [0.15, 0.2) is 12.4 Å². The number of aromatic nitrogens is 1. The first kappa shape index (κ1) is 29.0. The second-order valence-electron chi connectivity index (χ2n) is 13.6. The molecule has 3 aliphatic carbocycles. The smallest absolute Gasteiger partial charge is 0.339 e. The molecule has 2 amide bonds. The van der Waals surface area contributed by atoms with Gasteiger partial charge in [0, 0.05) is 28.2 Å². The van der Waals surface area contributed by atoms with Gasteiger partial charge in [-0.1, -0.05) is 99.6 Å². The van der Waals surface area contributed by atoms with Crippen LogP contribution in [0.25, 0.3) is 22.2 Å². The number of para-hydroxylation sites is 1. The number of carbonyl (C=O) groups excluding carboxylic acids is 4. The molecule has 0 N–H and O–H groups in total. The minimum absolute atomic E-state index is 0.183. The number of imide groups is 1. The third-order valence-electron chi connectivity index (χ3n) is 9.96. The molecule has 0 spiro atoms. The lowest BCUT2D eigenvalue weighted by Crippen LogP contribution is -2.41. The number of rotatable bonds is 5. The summed E-state index contributed by atoms with van der Waals surface area (Å²) in [7, 11) is 0. The Balaban J connectivity index is 1.17. The fourth-order valence-electron chi connectivity index (χ4n) is 7.65. The summed E-state index contributed by atoms with van der Waals surface area (Å²) >= 11 is 0. The fourth-order valence-corrected chi connectivity index (χ4v) is 7.65. The van der Waals surface area contributed by atoms with E-state index in [1.54, 1.807) is 51.1 Å². The lowest BCUT2D eigenvalue weighted by atomic mass is 9.55. The lowest BCUT2D eigenvalue weighted by Gasteiger charge is -2.45. The molecular formula is C40H32N2O5. The molecule has 0 radical (unpaired) electrons. The number of hydrogen-bond acceptors (Lipinski definition) is 6. The van der Waals surface area contributed by atoms with Crippen molar-refractivity contribution in [2.45, 2.75) is 32.6 Å². The van der Waals surface area contributed by atoms with Crippen LogP contribution in [0.2, 0.25) is 0 Å². The van der Waals surface area contributed by atoms with Crippen molar-refractivity contribution >= 4 is 40.2 Å². The maximum absolute atomic E-state index is 14.3. The number of ketones is 1. The summed E-state index contributed by atoms with van der Waals surface area (Å²) in [6, 6.07) is 32.5. The Hall–Kier alpha value is -5.43. The second kappa shape index (κ2) is 10.6. The second-order valence-corrected chi connectivity index (χ2v) is 13.6. The van der Waals surface area contributed by atoms with Crippen LogP contribution in [0.15, 0.2) is 103 Å². The van der Waals surface area contributed by atoms with Crippen molar-refractivity contribution < 1.29 is 23.9 Å². The molecule has 9 rings (SSSR count). The quantitative estimate of drug-likeness (QED) is 0.154. The van der Waals surface area contributed by atoms with E-state index >= 15 is 0 Å². The molecule has 0 saturated carbocycles. The van der Waals surface area contributed by atoms with Crippen molar-refractivity contribution in [3.8, 4) is 11.3 Å². The first-order valence-electron chi connectivity index (χ1n) is 15.9. The summed E-state index contributed by atoms with van der Waals surface area (Å²) in [6.45, 7) is 5.01. The molecule has 5 aromatic rings. The number of ether oxygens (including phenoxy) is 1. The number of nitrogens with zero attached hydrogens (tertiary/aromatic N) is 2. The van der Waals surface area contributed by atoms with E-state index in [0.29, 0.717) is 27.8 Å². The van der Waals surface area contributed by atoms with Gasteiger partial charge in [0.2, 0.25) is 11.8 Å². The van der Waals surface area contributed by atoms with E-state index in [1.807, 2.05) is 48.5 Å². The topological polar surface area (TPSA) is 93.6 Å². The van der Waals surface area contributed by atoms with Crippen molar-refractivity contribution in [2.75, 3.05) is 11.5 Å². The van der Waals surface area contributed by atoms with Gasteiger partial charge in [0.25, 0.3) is 0 Å². The van der Waals surface area contributed by atoms with Gasteiger partial charge in [-0.15, -0.1) is 0 Å². The number of amides is 2. The molecule has 4 aromatic carbocycles. The summed E-state index contributed by atoms with van der Waals surface area (Å²) < 4.78 is 5.47. The first-order chi connectivity index (χ1) is 22.6. The number of benzene rings is 4. The summed E-state index contributed by atoms with van der Waals surface area (Å²) in [5, 5.41) is 0.601. The van der Waals surface area contributed by atoms with Gasteiger partial charge in [-0.2, -0.15) is 0 Å². The molecule has 7 heteroatoms. The maximum Gasteiger partial charge on any atom is 0.339 e. The van der Waals surface area contributed by atoms with Crippen molar-refractivity contribution in [1.29, 1.82) is 0 Å². The average molecular weight is 621 g/mol. The SMILES string of the molecule is CC(C)(C)C(=O)COC(=O)c1cc(-c2cccc(N3C(=O)[C@@H]4C5c6ccccc6C(c6ccccc65)[C@@H]4C3=O)c2)nc2ccccc12. The van der Waals surface area contributed by atoms with E-state index in [9.17, 15) is 19.2 Å². The summed E-state index contributed by atoms with van der Waals surface area (Å²) in [5.74, 6) is -2.56. The number of anilines is 1. The molecule has 1 aliphatic heterocycles. The zero-order valence-corrected chi connectivity index (χ0v) is 26.3. The van der Waals surface area contributed by atoms with Gasteiger partial charge in [-0.25, -0.2) is 14.7 Å². The fraction of sp³-hybridized carbons (Fsp3) is 0.225. The first-order valence-corrected chi connectivity index (χ1v) is 15.9. The highest BCUT2D eigenvalue weighted by molar-refractivity contribution is 6.23. The third kappa shape index (κ3) is 4.44. The van der Waals surface area contributed by atoms with Crippen LogP contribution in [0, 0.1) is 17.3 Å². The van der Waals surface area contributed by atoms with Crippen LogP contribution in [0.1, 0.15) is 65.2 Å². The molecule has 232 valence electrons. The highest BCUT2D eigenvalue weighted by atomic mass is 16.5. The number of Topliss-reactive ketones (excluding diaryl/α,β-unsaturated/α-hetero) is 1. The van der Waals surface area contributed by atoms with Crippen molar-refractivity contribution in [3.63, 3.8) is 0 Å². The van der Waals surface area contributed by atoms with Crippen LogP contribution in [-0.4, -0.2) is 35.2 Å². The Morgan fingerprint density at radius 1 is 0.723 bits per heavy atom. The van der Waals surface area contributed by atoms with Crippen LogP contribution in [0.5, 0.6) is 0 Å². The summed E-state index contributed by atoms with van der Waals surface area (Å²) in [5.41, 5.74) is 6.30. The van der Waals surface area contributed by atoms with Gasteiger partial charge < -0.3 is 4.74 Å². The van der Waals surface area contributed by atoms with Crippen LogP contribution < -0.4 is 4.90 Å². The number of hydrogen-bond donors (Lipinski definition) is 0. The molecule has 2 heterocycles. The Morgan fingerprint density at radius 2 is 1.28 bits per heavy atom. The highest BCUT2D eigenvalue weighted by Crippen LogP contribution is 2.61. The minimum atomic E-state index is -0.640. The monoisotopic (exact) mass is 620 g/mol. The predicted octanol–water partition coefficient (Wildman–Crippen LogP) is 7.07. The van der Waals surface area contributed by atoms with E-state index in [1.165, 1.54) is 4.90 Å². The van der Waals surface area contributed by atoms with E-state index in [2.05, 4.69) is 24.3 Å². The zero-order chi connectivity index (χ0) is 32.6. The Morgan fingerprint density at radius 3 is 1.85 bits per heavy atom. The van der Waals surface area contributed by atoms with Gasteiger partial charge in [-0.05, 0) is 46.5 Å². The van der Waals surface area contributed by atoms with Crippen LogP contribution in [-0.2, 0) is 19.1 Å². The van der Waals surface area contributed by atoms with E-state index < -0.39 is 23.2 Å². The number of fused-ring (bicyclic) bond motifs is 1. The molecule has 0 unspecified atom stereocenters. The molecule has 7 nitrogen and oxygen atoms in total. The Kier molecular flexibility index (Phi) is 6.51. The Bertz CT molecular complexity index is 2050. The van der Waals surface area contributed by atoms with Gasteiger partial charge >= 0.3 is 5.97 Å². The molecule has 1 aromatic heterocycles. The minimum Gasteiger partial charge on any atom is -0.454 e. The van der Waals surface area contributed by atoms with Crippen molar-refractivity contribution in [3.05, 3.63) is 131 Å². The van der Waals surface area contributed by atoms with E-state index in [0.717, 1.165) is 22.3 Å². The summed E-state index contributed by atoms with van der Waals surface area (Å²) in [6.07, 6.45) is 0. The molecular weight excluding hydrogens is 588 g/mol. The van der Waals surface area contributed by atoms with Crippen LogP contribution >= 0.6 is 0 Å². The lowest BCUT2D eigenvalue weighted by molar-refractivity contribution is -0.129. The van der Waals surface area contributed by atoms with E-state index in [-0.39, 0.29) is 41.6 Å². The molecule has 2 bridgehead atoms. The highest BCUT2D eigenvalue weighted by Gasteiger charge is 2.61. The van der Waals surface area contributed by atoms with Gasteiger partial charge in [-0.3, -0.25) is 14.4 Å². The third-order valence-corrected chi connectivity index (χ3v) is 9.96. The molecule has 1 saturated heterocycles. The predicted molar refractivity (Wildman–Crippen MR) is 178 cm³/mol. The Labute approximate surface area is 272 Å². The van der Waals surface area contributed by atoms with Crippen molar-refractivity contribution in [2.24, 2.45) is 17.3 Å². The van der Waals surface area contributed by atoms with Gasteiger partial charge in [0.1, 0.15) is 0 Å².